The quantitative estimate of drug-likeness (QED) is 0.506. The second-order valence-electron chi connectivity index (χ2n) is 11.1. The number of nitrogens with one attached hydrogen (secondary N) is 1. The number of benzene rings is 1. The zero-order chi connectivity index (χ0) is 26.1. The first kappa shape index (κ1) is 24.8. The number of piperazine rings is 1. The molecule has 2 fully saturated rings. The highest BCUT2D eigenvalue weighted by Gasteiger charge is 2.27. The molecule has 1 aromatic carbocycles. The van der Waals surface area contributed by atoms with Crippen LogP contribution in [0.3, 0.4) is 0 Å². The number of aromatic nitrogens is 2. The van der Waals surface area contributed by atoms with Crippen molar-refractivity contribution in [1.82, 2.24) is 19.2 Å². The number of amides is 1. The average Bonchev–Trinajstić information content (AvgIpc) is 3.61. The fraction of sp³-hybridized carbons (Fsp3) is 0.484. The Hall–Kier alpha value is -3.48. The average molecular weight is 513 g/mol. The summed E-state index contributed by atoms with van der Waals surface area (Å²) >= 11 is 0. The molecular formula is C31H40N6O. The van der Waals surface area contributed by atoms with Gasteiger partial charge in [0.25, 0.3) is 0 Å². The normalized spacial score (nSPS) is 20.2. The molecule has 2 aromatic heterocycles. The number of rotatable bonds is 6. The molecule has 3 aliphatic rings. The third-order valence-electron chi connectivity index (χ3n) is 8.64. The SMILES string of the molecule is Cc1cccc(C)c1N1CCN(C(=O)CNc2c(C3CC=C(N4CCCC4)CC3)nc3ccccn23)CC1. The van der Waals surface area contributed by atoms with E-state index in [1.54, 1.807) is 0 Å². The second-order valence-corrected chi connectivity index (χ2v) is 11.1. The predicted octanol–water partition coefficient (Wildman–Crippen LogP) is 4.96. The number of allylic oxidation sites excluding steroid dienone is 2. The van der Waals surface area contributed by atoms with Crippen LogP contribution in [0, 0.1) is 13.8 Å². The Labute approximate surface area is 226 Å². The van der Waals surface area contributed by atoms with Gasteiger partial charge in [0.15, 0.2) is 0 Å². The first-order valence-corrected chi connectivity index (χ1v) is 14.3. The standard InChI is InChI=1S/C31H40N6O/c1-23-8-7-9-24(2)30(23)36-20-18-35(19-21-36)28(38)22-32-31-29(33-27-10-3-4-17-37(27)31)25-11-13-26(14-12-25)34-15-5-6-16-34/h3-4,7-10,13,17,25,32H,5-6,11-12,14-16,18-22H2,1-2H3. The lowest BCUT2D eigenvalue weighted by atomic mass is 9.89. The summed E-state index contributed by atoms with van der Waals surface area (Å²) in [5.74, 6) is 1.51. The van der Waals surface area contributed by atoms with Gasteiger partial charge in [0.2, 0.25) is 5.91 Å². The minimum absolute atomic E-state index is 0.155. The van der Waals surface area contributed by atoms with Crippen LogP contribution in [0.4, 0.5) is 11.5 Å². The van der Waals surface area contributed by atoms with Crippen LogP contribution in [0.5, 0.6) is 0 Å². The van der Waals surface area contributed by atoms with Crippen LogP contribution in [0.1, 0.15) is 54.8 Å². The molecule has 200 valence electrons. The summed E-state index contributed by atoms with van der Waals surface area (Å²) in [5, 5.41) is 3.52. The number of imidazole rings is 1. The Balaban J connectivity index is 1.12. The van der Waals surface area contributed by atoms with Crippen molar-refractivity contribution in [2.24, 2.45) is 0 Å². The molecule has 3 aromatic rings. The number of anilines is 2. The Kier molecular flexibility index (Phi) is 7.00. The number of pyridine rings is 1. The number of fused-ring (bicyclic) bond motifs is 1. The highest BCUT2D eigenvalue weighted by atomic mass is 16.2. The van der Waals surface area contributed by atoms with Crippen LogP contribution in [0.15, 0.2) is 54.4 Å². The summed E-state index contributed by atoms with van der Waals surface area (Å²) in [4.78, 5) is 25.3. The molecule has 1 aliphatic carbocycles. The van der Waals surface area contributed by atoms with E-state index in [9.17, 15) is 4.79 Å². The van der Waals surface area contributed by atoms with Crippen LogP contribution in [0.2, 0.25) is 0 Å². The molecule has 0 spiro atoms. The van der Waals surface area contributed by atoms with Gasteiger partial charge >= 0.3 is 0 Å². The molecular weight excluding hydrogens is 472 g/mol. The van der Waals surface area contributed by atoms with Gasteiger partial charge in [0.1, 0.15) is 11.5 Å². The summed E-state index contributed by atoms with van der Waals surface area (Å²) in [6, 6.07) is 12.6. The second kappa shape index (κ2) is 10.7. The lowest BCUT2D eigenvalue weighted by molar-refractivity contribution is -0.129. The minimum Gasteiger partial charge on any atom is -0.375 e. The Bertz CT molecular complexity index is 1310. The summed E-state index contributed by atoms with van der Waals surface area (Å²) in [6.45, 7) is 10.3. The van der Waals surface area contributed by atoms with E-state index >= 15 is 0 Å². The number of para-hydroxylation sites is 1. The zero-order valence-electron chi connectivity index (χ0n) is 22.8. The molecule has 6 rings (SSSR count). The highest BCUT2D eigenvalue weighted by molar-refractivity contribution is 5.81. The Morgan fingerprint density at radius 3 is 2.42 bits per heavy atom. The lowest BCUT2D eigenvalue weighted by Gasteiger charge is -2.37. The first-order chi connectivity index (χ1) is 18.6. The lowest BCUT2D eigenvalue weighted by Crippen LogP contribution is -2.50. The van der Waals surface area contributed by atoms with Gasteiger partial charge in [-0.05, 0) is 69.2 Å². The maximum absolute atomic E-state index is 13.3. The molecule has 38 heavy (non-hydrogen) atoms. The molecule has 2 aliphatic heterocycles. The first-order valence-electron chi connectivity index (χ1n) is 14.3. The molecule has 0 bridgehead atoms. The van der Waals surface area contributed by atoms with Gasteiger partial charge in [-0.15, -0.1) is 0 Å². The Morgan fingerprint density at radius 1 is 0.947 bits per heavy atom. The van der Waals surface area contributed by atoms with Gasteiger partial charge in [-0.1, -0.05) is 30.3 Å². The molecule has 0 saturated carbocycles. The molecule has 2 saturated heterocycles. The van der Waals surface area contributed by atoms with Crippen LogP contribution in [-0.2, 0) is 4.79 Å². The van der Waals surface area contributed by atoms with Crippen LogP contribution >= 0.6 is 0 Å². The fourth-order valence-corrected chi connectivity index (χ4v) is 6.59. The van der Waals surface area contributed by atoms with Crippen molar-refractivity contribution < 1.29 is 4.79 Å². The van der Waals surface area contributed by atoms with Gasteiger partial charge in [-0.2, -0.15) is 0 Å². The van der Waals surface area contributed by atoms with E-state index in [0.29, 0.717) is 12.5 Å². The molecule has 4 heterocycles. The number of carbonyl (C=O) groups excluding carboxylic acids is 1. The largest absolute Gasteiger partial charge is 0.375 e. The maximum Gasteiger partial charge on any atom is 0.242 e. The predicted molar refractivity (Wildman–Crippen MR) is 154 cm³/mol. The maximum atomic E-state index is 13.3. The molecule has 1 atom stereocenters. The monoisotopic (exact) mass is 512 g/mol. The van der Waals surface area contributed by atoms with E-state index in [1.807, 2.05) is 17.0 Å². The zero-order valence-corrected chi connectivity index (χ0v) is 22.8. The number of hydrogen-bond donors (Lipinski definition) is 1. The number of carbonyl (C=O) groups is 1. The van der Waals surface area contributed by atoms with E-state index in [0.717, 1.165) is 62.6 Å². The van der Waals surface area contributed by atoms with Crippen LogP contribution < -0.4 is 10.2 Å². The third kappa shape index (κ3) is 4.86. The molecule has 7 heteroatoms. The van der Waals surface area contributed by atoms with Gasteiger partial charge < -0.3 is 20.0 Å². The smallest absolute Gasteiger partial charge is 0.242 e. The highest BCUT2D eigenvalue weighted by Crippen LogP contribution is 2.37. The molecule has 1 unspecified atom stereocenters. The van der Waals surface area contributed by atoms with Crippen LogP contribution in [-0.4, -0.2) is 70.9 Å². The van der Waals surface area contributed by atoms with Crippen molar-refractivity contribution in [1.29, 1.82) is 0 Å². The summed E-state index contributed by atoms with van der Waals surface area (Å²) in [5.41, 5.74) is 7.48. The van der Waals surface area contributed by atoms with Gasteiger partial charge in [-0.25, -0.2) is 4.98 Å². The topological polar surface area (TPSA) is 56.1 Å². The van der Waals surface area contributed by atoms with E-state index in [4.69, 9.17) is 4.98 Å². The van der Waals surface area contributed by atoms with E-state index in [1.165, 1.54) is 48.4 Å². The van der Waals surface area contributed by atoms with Crippen LogP contribution in [0.25, 0.3) is 5.65 Å². The molecule has 1 amide bonds. The molecule has 1 N–H and O–H groups in total. The summed E-state index contributed by atoms with van der Waals surface area (Å²) in [6.07, 6.45) is 10.4. The fourth-order valence-electron chi connectivity index (χ4n) is 6.59. The van der Waals surface area contributed by atoms with Crippen molar-refractivity contribution in [2.45, 2.75) is 51.9 Å². The van der Waals surface area contributed by atoms with Gasteiger partial charge in [0.05, 0.1) is 12.2 Å². The van der Waals surface area contributed by atoms with E-state index < -0.39 is 0 Å². The van der Waals surface area contributed by atoms with E-state index in [-0.39, 0.29) is 5.91 Å². The van der Waals surface area contributed by atoms with Crippen molar-refractivity contribution in [2.75, 3.05) is 56.0 Å². The van der Waals surface area contributed by atoms with Crippen molar-refractivity contribution in [3.05, 3.63) is 71.2 Å². The number of aryl methyl sites for hydroxylation is 2. The Morgan fingerprint density at radius 2 is 1.71 bits per heavy atom. The van der Waals surface area contributed by atoms with Gasteiger partial charge in [0, 0.05) is 62.8 Å². The number of hydrogen-bond acceptors (Lipinski definition) is 5. The number of likely N-dealkylation sites (tertiary alicyclic amines) is 1. The number of nitrogens with zero attached hydrogens (tertiary/aromatic N) is 5. The van der Waals surface area contributed by atoms with Crippen molar-refractivity contribution >= 4 is 23.1 Å². The summed E-state index contributed by atoms with van der Waals surface area (Å²) in [7, 11) is 0. The van der Waals surface area contributed by atoms with E-state index in [2.05, 4.69) is 69.9 Å². The van der Waals surface area contributed by atoms with Crippen molar-refractivity contribution in [3.8, 4) is 0 Å². The summed E-state index contributed by atoms with van der Waals surface area (Å²) < 4.78 is 2.11. The molecule has 7 nitrogen and oxygen atoms in total. The van der Waals surface area contributed by atoms with Crippen molar-refractivity contribution in [3.63, 3.8) is 0 Å². The minimum atomic E-state index is 0.155. The third-order valence-corrected chi connectivity index (χ3v) is 8.64. The van der Waals surface area contributed by atoms with Gasteiger partial charge in [-0.3, -0.25) is 9.20 Å². The molecule has 0 radical (unpaired) electrons.